The second-order valence-electron chi connectivity index (χ2n) is 7.83. The fraction of sp³-hybridized carbons (Fsp3) is 0.304. The minimum Gasteiger partial charge on any atom is -0.507 e. The molecule has 9 heteroatoms. The van der Waals surface area contributed by atoms with Gasteiger partial charge < -0.3 is 19.6 Å². The number of aliphatic hydroxyl groups is 1. The van der Waals surface area contributed by atoms with E-state index < -0.39 is 22.7 Å². The van der Waals surface area contributed by atoms with Gasteiger partial charge in [0, 0.05) is 30.8 Å². The molecule has 0 spiro atoms. The van der Waals surface area contributed by atoms with E-state index in [0.717, 1.165) is 0 Å². The molecule has 32 heavy (non-hydrogen) atoms. The lowest BCUT2D eigenvalue weighted by Crippen LogP contribution is -2.35. The topological polar surface area (TPSA) is 113 Å². The normalized spacial score (nSPS) is 17.8. The second-order valence-corrected chi connectivity index (χ2v) is 7.83. The Morgan fingerprint density at radius 1 is 1.22 bits per heavy atom. The lowest BCUT2D eigenvalue weighted by Gasteiger charge is -2.26. The van der Waals surface area contributed by atoms with Crippen molar-refractivity contribution in [1.29, 1.82) is 0 Å². The molecule has 1 atom stereocenters. The van der Waals surface area contributed by atoms with Gasteiger partial charge in [-0.2, -0.15) is 0 Å². The van der Waals surface area contributed by atoms with Gasteiger partial charge in [0.1, 0.15) is 11.5 Å². The summed E-state index contributed by atoms with van der Waals surface area (Å²) in [5.74, 6) is -1.32. The van der Waals surface area contributed by atoms with Gasteiger partial charge in [0.05, 0.1) is 23.6 Å². The van der Waals surface area contributed by atoms with Crippen LogP contribution >= 0.6 is 0 Å². The summed E-state index contributed by atoms with van der Waals surface area (Å²) in [4.78, 5) is 39.9. The highest BCUT2D eigenvalue weighted by Crippen LogP contribution is 2.40. The molecule has 168 valence electrons. The number of ether oxygens (including phenoxy) is 1. The van der Waals surface area contributed by atoms with Crippen LogP contribution in [0.1, 0.15) is 22.7 Å². The summed E-state index contributed by atoms with van der Waals surface area (Å²) in [5, 5.41) is 22.5. The summed E-state index contributed by atoms with van der Waals surface area (Å²) in [5.41, 5.74) is 1.15. The number of likely N-dealkylation sites (N-methyl/N-ethyl adjacent to an activating group) is 1. The van der Waals surface area contributed by atoms with E-state index >= 15 is 0 Å². The third-order valence-electron chi connectivity index (χ3n) is 5.41. The number of carbonyl (C=O) groups is 2. The molecule has 1 aliphatic heterocycles. The van der Waals surface area contributed by atoms with E-state index in [2.05, 4.69) is 0 Å². The number of ketones is 1. The Morgan fingerprint density at radius 2 is 1.94 bits per heavy atom. The van der Waals surface area contributed by atoms with Crippen LogP contribution in [0.5, 0.6) is 5.75 Å². The van der Waals surface area contributed by atoms with Gasteiger partial charge in [0.25, 0.3) is 17.4 Å². The highest BCUT2D eigenvalue weighted by Gasteiger charge is 2.46. The average molecular weight is 439 g/mol. The molecule has 9 nitrogen and oxygen atoms in total. The monoisotopic (exact) mass is 439 g/mol. The van der Waals surface area contributed by atoms with Crippen LogP contribution in [-0.4, -0.2) is 65.8 Å². The summed E-state index contributed by atoms with van der Waals surface area (Å²) >= 11 is 0. The van der Waals surface area contributed by atoms with Crippen LogP contribution in [-0.2, 0) is 9.59 Å². The van der Waals surface area contributed by atoms with Crippen molar-refractivity contribution in [3.8, 4) is 5.75 Å². The maximum atomic E-state index is 13.0. The van der Waals surface area contributed by atoms with Gasteiger partial charge in [-0.05, 0) is 50.3 Å². The first-order valence-electron chi connectivity index (χ1n) is 9.98. The molecule has 3 rings (SSSR count). The van der Waals surface area contributed by atoms with Gasteiger partial charge in [0.15, 0.2) is 0 Å². The zero-order chi connectivity index (χ0) is 23.6. The van der Waals surface area contributed by atoms with Gasteiger partial charge in [-0.3, -0.25) is 19.7 Å². The van der Waals surface area contributed by atoms with Crippen molar-refractivity contribution in [2.24, 2.45) is 0 Å². The fourth-order valence-electron chi connectivity index (χ4n) is 3.75. The minimum atomic E-state index is -0.948. The number of non-ortho nitro benzene ring substituents is 1. The van der Waals surface area contributed by atoms with Crippen LogP contribution in [0, 0.1) is 17.0 Å². The quantitative estimate of drug-likeness (QED) is 0.232. The number of aliphatic hydroxyl groups excluding tert-OH is 1. The second kappa shape index (κ2) is 9.19. The first kappa shape index (κ1) is 23.0. The van der Waals surface area contributed by atoms with Crippen molar-refractivity contribution in [2.45, 2.75) is 13.0 Å². The summed E-state index contributed by atoms with van der Waals surface area (Å²) in [6, 6.07) is 9.79. The molecule has 2 aromatic carbocycles. The number of hydrogen-bond acceptors (Lipinski definition) is 7. The number of carbonyl (C=O) groups excluding carboxylic acids is 2. The van der Waals surface area contributed by atoms with Gasteiger partial charge >= 0.3 is 0 Å². The van der Waals surface area contributed by atoms with Crippen molar-refractivity contribution in [3.63, 3.8) is 0 Å². The maximum absolute atomic E-state index is 13.0. The largest absolute Gasteiger partial charge is 0.507 e. The molecule has 1 aliphatic rings. The number of nitro benzene ring substituents is 1. The Labute approximate surface area is 185 Å². The van der Waals surface area contributed by atoms with E-state index in [4.69, 9.17) is 4.74 Å². The predicted octanol–water partition coefficient (Wildman–Crippen LogP) is 2.90. The van der Waals surface area contributed by atoms with Crippen molar-refractivity contribution in [1.82, 2.24) is 9.80 Å². The molecule has 0 unspecified atom stereocenters. The number of methoxy groups -OCH3 is 1. The Balaban J connectivity index is 2.20. The third kappa shape index (κ3) is 4.33. The number of likely N-dealkylation sites (tertiary alicyclic amines) is 1. The number of nitrogens with zero attached hydrogens (tertiary/aromatic N) is 3. The first-order chi connectivity index (χ1) is 15.1. The summed E-state index contributed by atoms with van der Waals surface area (Å²) in [6.45, 7) is 2.44. The number of nitro groups is 1. The molecule has 2 aromatic rings. The molecule has 1 N–H and O–H groups in total. The van der Waals surface area contributed by atoms with Crippen molar-refractivity contribution in [2.75, 3.05) is 34.3 Å². The smallest absolute Gasteiger partial charge is 0.295 e. The van der Waals surface area contributed by atoms with E-state index in [0.29, 0.717) is 29.0 Å². The number of benzene rings is 2. The summed E-state index contributed by atoms with van der Waals surface area (Å²) in [7, 11) is 5.19. The maximum Gasteiger partial charge on any atom is 0.295 e. The van der Waals surface area contributed by atoms with Crippen LogP contribution < -0.4 is 4.74 Å². The molecule has 0 saturated carbocycles. The predicted molar refractivity (Wildman–Crippen MR) is 118 cm³/mol. The van der Waals surface area contributed by atoms with Crippen LogP contribution in [0.15, 0.2) is 48.0 Å². The van der Waals surface area contributed by atoms with Gasteiger partial charge in [-0.25, -0.2) is 0 Å². The van der Waals surface area contributed by atoms with Crippen molar-refractivity contribution < 1.29 is 24.4 Å². The van der Waals surface area contributed by atoms with Crippen LogP contribution in [0.4, 0.5) is 5.69 Å². The van der Waals surface area contributed by atoms with E-state index in [9.17, 15) is 24.8 Å². The molecular formula is C23H25N3O6. The van der Waals surface area contributed by atoms with Crippen LogP contribution in [0.2, 0.25) is 0 Å². The molecule has 1 heterocycles. The van der Waals surface area contributed by atoms with Crippen molar-refractivity contribution >= 4 is 23.1 Å². The Morgan fingerprint density at radius 3 is 2.53 bits per heavy atom. The molecule has 1 amide bonds. The van der Waals surface area contributed by atoms with E-state index in [1.165, 1.54) is 30.2 Å². The number of amides is 1. The lowest BCUT2D eigenvalue weighted by molar-refractivity contribution is -0.384. The minimum absolute atomic E-state index is 0.0949. The SMILES string of the molecule is COc1ccc(/C(O)=C2\C(=O)C(=O)N(CCN(C)C)[C@H]2c2cccc([N+](=O)[O-])c2)c(C)c1. The third-order valence-corrected chi connectivity index (χ3v) is 5.41. The van der Waals surface area contributed by atoms with Crippen LogP contribution in [0.25, 0.3) is 5.76 Å². The Kier molecular flexibility index (Phi) is 6.59. The number of rotatable bonds is 7. The zero-order valence-corrected chi connectivity index (χ0v) is 18.4. The molecule has 0 bridgehead atoms. The first-order valence-corrected chi connectivity index (χ1v) is 9.98. The standard InChI is InChI=1S/C23H25N3O6/c1-14-12-17(32-4)8-9-18(14)21(27)19-20(15-6-5-7-16(13-15)26(30)31)25(11-10-24(2)3)23(29)22(19)28/h5-9,12-13,20,27H,10-11H2,1-4H3/b21-19+/t20-/m0/s1. The zero-order valence-electron chi connectivity index (χ0n) is 18.4. The molecular weight excluding hydrogens is 414 g/mol. The van der Waals surface area contributed by atoms with Gasteiger partial charge in [-0.1, -0.05) is 12.1 Å². The van der Waals surface area contributed by atoms with Crippen LogP contribution in [0.3, 0.4) is 0 Å². The summed E-state index contributed by atoms with van der Waals surface area (Å²) in [6.07, 6.45) is 0. The highest BCUT2D eigenvalue weighted by atomic mass is 16.6. The van der Waals surface area contributed by atoms with Gasteiger partial charge in [-0.15, -0.1) is 0 Å². The number of Topliss-reactive ketones (excluding diaryl/α,β-unsaturated/α-hetero) is 1. The highest BCUT2D eigenvalue weighted by molar-refractivity contribution is 6.46. The average Bonchev–Trinajstić information content (AvgIpc) is 3.01. The van der Waals surface area contributed by atoms with E-state index in [1.807, 2.05) is 19.0 Å². The molecule has 0 radical (unpaired) electrons. The summed E-state index contributed by atoms with van der Waals surface area (Å²) < 4.78 is 5.20. The fourth-order valence-corrected chi connectivity index (χ4v) is 3.75. The van der Waals surface area contributed by atoms with Gasteiger partial charge in [0.2, 0.25) is 0 Å². The lowest BCUT2D eigenvalue weighted by atomic mass is 9.93. The molecule has 1 saturated heterocycles. The number of aryl methyl sites for hydroxylation is 1. The van der Waals surface area contributed by atoms with Crippen molar-refractivity contribution in [3.05, 3.63) is 74.8 Å². The molecule has 1 fully saturated rings. The van der Waals surface area contributed by atoms with E-state index in [1.54, 1.807) is 31.2 Å². The van der Waals surface area contributed by atoms with E-state index in [-0.39, 0.29) is 23.6 Å². The molecule has 0 aliphatic carbocycles. The Bertz CT molecular complexity index is 1110. The number of hydrogen-bond donors (Lipinski definition) is 1. The molecule has 0 aromatic heterocycles. The Hall–Kier alpha value is -3.72.